The van der Waals surface area contributed by atoms with Gasteiger partial charge in [-0.3, -0.25) is 9.59 Å². The molecule has 0 radical (unpaired) electrons. The van der Waals surface area contributed by atoms with Crippen LogP contribution in [-0.2, 0) is 0 Å². The Morgan fingerprint density at radius 3 is 2.50 bits per heavy atom. The van der Waals surface area contributed by atoms with E-state index in [-0.39, 0.29) is 17.6 Å². The van der Waals surface area contributed by atoms with Crippen molar-refractivity contribution in [2.75, 3.05) is 19.6 Å². The van der Waals surface area contributed by atoms with E-state index >= 15 is 0 Å². The Morgan fingerprint density at radius 2 is 1.81 bits per heavy atom. The van der Waals surface area contributed by atoms with Crippen molar-refractivity contribution in [2.24, 2.45) is 0 Å². The Bertz CT molecular complexity index is 1190. The molecule has 1 aliphatic heterocycles. The van der Waals surface area contributed by atoms with Crippen molar-refractivity contribution in [1.29, 1.82) is 0 Å². The van der Waals surface area contributed by atoms with E-state index < -0.39 is 5.54 Å². The molecule has 4 rings (SSSR count). The third kappa shape index (κ3) is 4.36. The van der Waals surface area contributed by atoms with E-state index in [1.54, 1.807) is 40.1 Å². The van der Waals surface area contributed by atoms with Gasteiger partial charge in [0.05, 0.1) is 11.2 Å². The fourth-order valence-corrected chi connectivity index (χ4v) is 4.19. The number of halogens is 2. The molecule has 0 spiro atoms. The predicted octanol–water partition coefficient (Wildman–Crippen LogP) is 4.26. The van der Waals surface area contributed by atoms with Crippen molar-refractivity contribution >= 4 is 35.0 Å². The maximum absolute atomic E-state index is 13.2. The van der Waals surface area contributed by atoms with Crippen LogP contribution in [0.1, 0.15) is 40.4 Å². The van der Waals surface area contributed by atoms with E-state index in [0.29, 0.717) is 35.2 Å². The minimum atomic E-state index is -0.589. The number of benzene rings is 2. The van der Waals surface area contributed by atoms with Crippen LogP contribution in [0.2, 0.25) is 10.0 Å². The highest BCUT2D eigenvalue weighted by Gasteiger charge is 2.40. The summed E-state index contributed by atoms with van der Waals surface area (Å²) in [7, 11) is 0. The molecule has 1 aromatic heterocycles. The molecule has 3 aromatic rings. The first kappa shape index (κ1) is 22.3. The van der Waals surface area contributed by atoms with Crippen LogP contribution in [0.5, 0.6) is 0 Å². The minimum absolute atomic E-state index is 0.0756. The van der Waals surface area contributed by atoms with Crippen LogP contribution in [0.4, 0.5) is 0 Å². The van der Waals surface area contributed by atoms with Crippen molar-refractivity contribution in [3.8, 4) is 5.69 Å². The van der Waals surface area contributed by atoms with Gasteiger partial charge in [0.25, 0.3) is 11.8 Å². The lowest BCUT2D eigenvalue weighted by atomic mass is 9.97. The molecule has 9 heteroatoms. The molecule has 0 aliphatic carbocycles. The SMILES string of the molecule is Cc1cc(C(=O)N2CCN(C(=O)c3ncn(-c4cccc(Cl)c4)n3)C(C)(C)C2)ccc1Cl. The average molecular weight is 472 g/mol. The maximum atomic E-state index is 13.2. The molecule has 0 atom stereocenters. The largest absolute Gasteiger partial charge is 0.335 e. The van der Waals surface area contributed by atoms with Gasteiger partial charge in [0.2, 0.25) is 5.82 Å². The number of carbonyl (C=O) groups is 2. The Labute approximate surface area is 196 Å². The maximum Gasteiger partial charge on any atom is 0.294 e. The van der Waals surface area contributed by atoms with Crippen LogP contribution in [0.15, 0.2) is 48.8 Å². The summed E-state index contributed by atoms with van der Waals surface area (Å²) in [5.74, 6) is -0.246. The second-order valence-corrected chi connectivity index (χ2v) is 9.30. The first-order valence-electron chi connectivity index (χ1n) is 10.2. The zero-order valence-corrected chi connectivity index (χ0v) is 19.6. The molecule has 0 N–H and O–H groups in total. The molecule has 0 bridgehead atoms. The fraction of sp³-hybridized carbons (Fsp3) is 0.304. The van der Waals surface area contributed by atoms with Gasteiger partial charge in [0.1, 0.15) is 6.33 Å². The van der Waals surface area contributed by atoms with E-state index in [1.807, 2.05) is 32.9 Å². The molecule has 1 saturated heterocycles. The lowest BCUT2D eigenvalue weighted by Gasteiger charge is -2.46. The van der Waals surface area contributed by atoms with Gasteiger partial charge in [0.15, 0.2) is 0 Å². The molecular weight excluding hydrogens is 449 g/mol. The van der Waals surface area contributed by atoms with Gasteiger partial charge in [-0.05, 0) is 62.7 Å². The molecule has 32 heavy (non-hydrogen) atoms. The molecule has 2 aromatic carbocycles. The number of aryl methyl sites for hydroxylation is 1. The first-order chi connectivity index (χ1) is 15.2. The summed E-state index contributed by atoms with van der Waals surface area (Å²) in [4.78, 5) is 33.9. The molecule has 1 aliphatic rings. The summed E-state index contributed by atoms with van der Waals surface area (Å²) >= 11 is 12.1. The van der Waals surface area contributed by atoms with Gasteiger partial charge < -0.3 is 9.80 Å². The molecule has 1 fully saturated rings. The molecule has 0 saturated carbocycles. The Balaban J connectivity index is 1.50. The summed E-state index contributed by atoms with van der Waals surface area (Å²) < 4.78 is 1.52. The second kappa shape index (κ2) is 8.56. The zero-order valence-electron chi connectivity index (χ0n) is 18.0. The number of carbonyl (C=O) groups excluding carboxylic acids is 2. The Kier molecular flexibility index (Phi) is 5.97. The van der Waals surface area contributed by atoms with E-state index in [0.717, 1.165) is 11.3 Å². The van der Waals surface area contributed by atoms with Gasteiger partial charge in [-0.15, -0.1) is 5.10 Å². The standard InChI is InChI=1S/C23H23Cl2N5O2/c1-15-11-16(7-8-19(15)25)21(31)28-9-10-29(23(2,3)13-28)22(32)20-26-14-30(27-20)18-6-4-5-17(24)12-18/h4-8,11-12,14H,9-10,13H2,1-3H3. The minimum Gasteiger partial charge on any atom is -0.335 e. The molecule has 7 nitrogen and oxygen atoms in total. The van der Waals surface area contributed by atoms with Crippen molar-refractivity contribution < 1.29 is 9.59 Å². The molecular formula is C23H23Cl2N5O2. The molecule has 166 valence electrons. The third-order valence-corrected chi connectivity index (χ3v) is 6.25. The van der Waals surface area contributed by atoms with Crippen LogP contribution in [0, 0.1) is 6.92 Å². The van der Waals surface area contributed by atoms with Gasteiger partial charge >= 0.3 is 0 Å². The highest BCUT2D eigenvalue weighted by atomic mass is 35.5. The summed E-state index contributed by atoms with van der Waals surface area (Å²) in [6, 6.07) is 12.4. The Hall–Kier alpha value is -2.90. The van der Waals surface area contributed by atoms with Gasteiger partial charge in [0, 0.05) is 35.2 Å². The van der Waals surface area contributed by atoms with Crippen LogP contribution in [-0.4, -0.2) is 61.6 Å². The van der Waals surface area contributed by atoms with Crippen molar-refractivity contribution in [3.05, 3.63) is 75.8 Å². The average Bonchev–Trinajstić information content (AvgIpc) is 3.24. The topological polar surface area (TPSA) is 71.3 Å². The quantitative estimate of drug-likeness (QED) is 0.571. The molecule has 2 amide bonds. The van der Waals surface area contributed by atoms with Crippen LogP contribution in [0.25, 0.3) is 5.69 Å². The first-order valence-corrected chi connectivity index (χ1v) is 11.0. The van der Waals surface area contributed by atoms with Gasteiger partial charge in [-0.25, -0.2) is 9.67 Å². The zero-order chi connectivity index (χ0) is 23.0. The number of piperazine rings is 1. The fourth-order valence-electron chi connectivity index (χ4n) is 3.89. The number of nitrogens with zero attached hydrogens (tertiary/aromatic N) is 5. The second-order valence-electron chi connectivity index (χ2n) is 8.45. The highest BCUT2D eigenvalue weighted by Crippen LogP contribution is 2.25. The summed E-state index contributed by atoms with van der Waals surface area (Å²) in [6.07, 6.45) is 1.49. The van der Waals surface area contributed by atoms with Gasteiger partial charge in [-0.2, -0.15) is 0 Å². The van der Waals surface area contributed by atoms with E-state index in [1.165, 1.54) is 11.0 Å². The summed E-state index contributed by atoms with van der Waals surface area (Å²) in [5, 5.41) is 5.54. The molecule has 2 heterocycles. The van der Waals surface area contributed by atoms with Crippen molar-refractivity contribution in [3.63, 3.8) is 0 Å². The molecule has 0 unspecified atom stereocenters. The van der Waals surface area contributed by atoms with Crippen molar-refractivity contribution in [1.82, 2.24) is 24.6 Å². The van der Waals surface area contributed by atoms with Crippen LogP contribution < -0.4 is 0 Å². The number of amides is 2. The normalized spacial score (nSPS) is 15.7. The lowest BCUT2D eigenvalue weighted by Crippen LogP contribution is -2.62. The number of hydrogen-bond acceptors (Lipinski definition) is 4. The predicted molar refractivity (Wildman–Crippen MR) is 124 cm³/mol. The number of hydrogen-bond donors (Lipinski definition) is 0. The summed E-state index contributed by atoms with van der Waals surface area (Å²) in [6.45, 7) is 6.95. The van der Waals surface area contributed by atoms with Crippen molar-refractivity contribution in [2.45, 2.75) is 26.3 Å². The highest BCUT2D eigenvalue weighted by molar-refractivity contribution is 6.31. The smallest absolute Gasteiger partial charge is 0.294 e. The van der Waals surface area contributed by atoms with Gasteiger partial charge in [-0.1, -0.05) is 29.3 Å². The number of rotatable bonds is 3. The lowest BCUT2D eigenvalue weighted by molar-refractivity contribution is 0.0160. The van der Waals surface area contributed by atoms with Crippen LogP contribution in [0.3, 0.4) is 0 Å². The Morgan fingerprint density at radius 1 is 1.03 bits per heavy atom. The van der Waals surface area contributed by atoms with E-state index in [9.17, 15) is 9.59 Å². The number of aromatic nitrogens is 3. The van der Waals surface area contributed by atoms with E-state index in [2.05, 4.69) is 10.1 Å². The van der Waals surface area contributed by atoms with E-state index in [4.69, 9.17) is 23.2 Å². The monoisotopic (exact) mass is 471 g/mol. The summed E-state index contributed by atoms with van der Waals surface area (Å²) in [5.41, 5.74) is 1.57. The van der Waals surface area contributed by atoms with Crippen LogP contribution >= 0.6 is 23.2 Å². The third-order valence-electron chi connectivity index (χ3n) is 5.60.